The van der Waals surface area contributed by atoms with Gasteiger partial charge in [-0.25, -0.2) is 12.8 Å². The molecule has 0 saturated heterocycles. The summed E-state index contributed by atoms with van der Waals surface area (Å²) in [6, 6.07) is 18.6. The zero-order valence-corrected chi connectivity index (χ0v) is 24.7. The van der Waals surface area contributed by atoms with Crippen LogP contribution in [0.1, 0.15) is 37.0 Å². The van der Waals surface area contributed by atoms with Gasteiger partial charge >= 0.3 is 0 Å². The molecule has 0 fully saturated rings. The van der Waals surface area contributed by atoms with Crippen molar-refractivity contribution in [3.8, 4) is 0 Å². The van der Waals surface area contributed by atoms with Crippen molar-refractivity contribution in [3.63, 3.8) is 0 Å². The maximum absolute atomic E-state index is 14.1. The first kappa shape index (κ1) is 31.1. The van der Waals surface area contributed by atoms with E-state index in [1.807, 2.05) is 44.2 Å². The summed E-state index contributed by atoms with van der Waals surface area (Å²) in [5.41, 5.74) is 2.19. The van der Waals surface area contributed by atoms with Crippen LogP contribution in [0.25, 0.3) is 0 Å². The monoisotopic (exact) mass is 587 g/mol. The van der Waals surface area contributed by atoms with E-state index in [0.717, 1.165) is 16.1 Å². The van der Waals surface area contributed by atoms with Crippen LogP contribution in [0.15, 0.2) is 72.8 Å². The molecule has 0 saturated carbocycles. The largest absolute Gasteiger partial charge is 0.352 e. The molecule has 214 valence electrons. The Morgan fingerprint density at radius 3 is 2.23 bits per heavy atom. The van der Waals surface area contributed by atoms with Gasteiger partial charge in [0.15, 0.2) is 0 Å². The Morgan fingerprint density at radius 1 is 0.975 bits per heavy atom. The van der Waals surface area contributed by atoms with Gasteiger partial charge in [-0.1, -0.05) is 67.1 Å². The zero-order chi connectivity index (χ0) is 29.4. The predicted octanol–water partition coefficient (Wildman–Crippen LogP) is 5.11. The number of sulfonamides is 1. The lowest BCUT2D eigenvalue weighted by Crippen LogP contribution is -2.54. The SMILES string of the molecule is CC[C@@H](C)NC(=O)[C@H](Cc1ccccc1)N(Cc1ccc(F)cc1)C(=O)CN(c1cccc(Cl)c1C)S(C)(=O)=O. The summed E-state index contributed by atoms with van der Waals surface area (Å²) in [6.07, 6.45) is 1.90. The number of halogens is 2. The molecule has 2 atom stereocenters. The summed E-state index contributed by atoms with van der Waals surface area (Å²) in [7, 11) is -3.92. The molecule has 0 aliphatic carbocycles. The normalized spacial score (nSPS) is 12.8. The molecular weight excluding hydrogens is 553 g/mol. The van der Waals surface area contributed by atoms with Gasteiger partial charge in [0.05, 0.1) is 11.9 Å². The van der Waals surface area contributed by atoms with E-state index in [4.69, 9.17) is 11.6 Å². The number of hydrogen-bond acceptors (Lipinski definition) is 4. The Labute approximate surface area is 241 Å². The Morgan fingerprint density at radius 2 is 1.62 bits per heavy atom. The van der Waals surface area contributed by atoms with Gasteiger partial charge in [0.2, 0.25) is 21.8 Å². The first-order valence-electron chi connectivity index (χ1n) is 13.0. The Balaban J connectivity index is 2.08. The van der Waals surface area contributed by atoms with Crippen LogP contribution in [0.4, 0.5) is 10.1 Å². The van der Waals surface area contributed by atoms with Crippen LogP contribution in [0.3, 0.4) is 0 Å². The van der Waals surface area contributed by atoms with Crippen molar-refractivity contribution in [3.05, 3.63) is 100 Å². The third-order valence-electron chi connectivity index (χ3n) is 6.73. The third-order valence-corrected chi connectivity index (χ3v) is 8.26. The molecule has 3 rings (SSSR count). The number of amides is 2. The molecule has 2 amide bonds. The Kier molecular flexibility index (Phi) is 10.7. The van der Waals surface area contributed by atoms with Crippen molar-refractivity contribution in [1.29, 1.82) is 0 Å². The van der Waals surface area contributed by atoms with Crippen LogP contribution in [0, 0.1) is 12.7 Å². The van der Waals surface area contributed by atoms with Crippen LogP contribution in [0.2, 0.25) is 5.02 Å². The van der Waals surface area contributed by atoms with Crippen molar-refractivity contribution < 1.29 is 22.4 Å². The average Bonchev–Trinajstić information content (AvgIpc) is 2.91. The summed E-state index contributed by atoms with van der Waals surface area (Å²) >= 11 is 6.27. The van der Waals surface area contributed by atoms with Gasteiger partial charge in [0.1, 0.15) is 18.4 Å². The predicted molar refractivity (Wildman–Crippen MR) is 157 cm³/mol. The second kappa shape index (κ2) is 13.8. The number of hydrogen-bond donors (Lipinski definition) is 1. The summed E-state index contributed by atoms with van der Waals surface area (Å²) in [6.45, 7) is 4.90. The van der Waals surface area contributed by atoms with Crippen LogP contribution >= 0.6 is 11.6 Å². The topological polar surface area (TPSA) is 86.8 Å². The molecule has 40 heavy (non-hydrogen) atoms. The fraction of sp³-hybridized carbons (Fsp3) is 0.333. The van der Waals surface area contributed by atoms with Gasteiger partial charge in [0, 0.05) is 24.0 Å². The second-order valence-electron chi connectivity index (χ2n) is 9.83. The number of carbonyl (C=O) groups excluding carboxylic acids is 2. The minimum atomic E-state index is -3.92. The highest BCUT2D eigenvalue weighted by Crippen LogP contribution is 2.28. The van der Waals surface area contributed by atoms with E-state index in [-0.39, 0.29) is 30.6 Å². The van der Waals surface area contributed by atoms with Gasteiger partial charge in [-0.3, -0.25) is 13.9 Å². The van der Waals surface area contributed by atoms with Crippen molar-refractivity contribution in [2.75, 3.05) is 17.1 Å². The van der Waals surface area contributed by atoms with E-state index >= 15 is 0 Å². The van der Waals surface area contributed by atoms with Gasteiger partial charge in [-0.2, -0.15) is 0 Å². The highest BCUT2D eigenvalue weighted by molar-refractivity contribution is 7.92. The standard InChI is InChI=1S/C30H35ClFN3O4S/c1-5-21(2)33-30(37)28(18-23-10-7-6-8-11-23)34(19-24-14-16-25(32)17-15-24)29(36)20-35(40(4,38)39)27-13-9-12-26(31)22(27)3/h6-17,21,28H,5,18-20H2,1-4H3,(H,33,37)/t21-,28+/m1/s1. The molecule has 1 N–H and O–H groups in total. The van der Waals surface area contributed by atoms with Crippen LogP contribution in [0.5, 0.6) is 0 Å². The van der Waals surface area contributed by atoms with Crippen molar-refractivity contribution in [2.45, 2.75) is 52.2 Å². The summed E-state index contributed by atoms with van der Waals surface area (Å²) in [5, 5.41) is 3.33. The molecule has 0 bridgehead atoms. The number of nitrogens with one attached hydrogen (secondary N) is 1. The first-order chi connectivity index (χ1) is 18.9. The molecule has 0 radical (unpaired) electrons. The van der Waals surface area contributed by atoms with E-state index in [1.165, 1.54) is 29.2 Å². The van der Waals surface area contributed by atoms with E-state index in [2.05, 4.69) is 5.32 Å². The number of carbonyl (C=O) groups is 2. The lowest BCUT2D eigenvalue weighted by Gasteiger charge is -2.34. The number of benzene rings is 3. The summed E-state index contributed by atoms with van der Waals surface area (Å²) in [5.74, 6) is -1.38. The van der Waals surface area contributed by atoms with E-state index in [9.17, 15) is 22.4 Å². The smallest absolute Gasteiger partial charge is 0.244 e. The van der Waals surface area contributed by atoms with E-state index in [0.29, 0.717) is 22.6 Å². The molecule has 3 aromatic rings. The van der Waals surface area contributed by atoms with Gasteiger partial charge in [-0.05, 0) is 61.2 Å². The molecule has 0 unspecified atom stereocenters. The number of rotatable bonds is 12. The average molecular weight is 588 g/mol. The fourth-order valence-electron chi connectivity index (χ4n) is 4.24. The molecule has 0 aliphatic rings. The van der Waals surface area contributed by atoms with Crippen LogP contribution in [-0.2, 0) is 32.6 Å². The molecule has 0 aromatic heterocycles. The van der Waals surface area contributed by atoms with Gasteiger partial charge < -0.3 is 10.2 Å². The molecule has 0 aliphatic heterocycles. The van der Waals surface area contributed by atoms with Crippen LogP contribution in [-0.4, -0.2) is 50.0 Å². The molecule has 0 spiro atoms. The maximum atomic E-state index is 14.1. The lowest BCUT2D eigenvalue weighted by atomic mass is 10.0. The van der Waals surface area contributed by atoms with E-state index < -0.39 is 34.3 Å². The number of anilines is 1. The van der Waals surface area contributed by atoms with Crippen molar-refractivity contribution >= 4 is 39.1 Å². The number of nitrogens with zero attached hydrogens (tertiary/aromatic N) is 2. The van der Waals surface area contributed by atoms with Gasteiger partial charge in [-0.15, -0.1) is 0 Å². The highest BCUT2D eigenvalue weighted by atomic mass is 35.5. The molecule has 7 nitrogen and oxygen atoms in total. The Hall–Kier alpha value is -3.43. The zero-order valence-electron chi connectivity index (χ0n) is 23.1. The fourth-order valence-corrected chi connectivity index (χ4v) is 5.31. The first-order valence-corrected chi connectivity index (χ1v) is 15.2. The third kappa shape index (κ3) is 8.29. The maximum Gasteiger partial charge on any atom is 0.244 e. The van der Waals surface area contributed by atoms with Crippen LogP contribution < -0.4 is 9.62 Å². The van der Waals surface area contributed by atoms with Gasteiger partial charge in [0.25, 0.3) is 0 Å². The molecule has 10 heteroatoms. The van der Waals surface area contributed by atoms with Crippen molar-refractivity contribution in [2.24, 2.45) is 0 Å². The molecule has 0 heterocycles. The molecular formula is C30H35ClFN3O4S. The minimum Gasteiger partial charge on any atom is -0.352 e. The van der Waals surface area contributed by atoms with Crippen molar-refractivity contribution in [1.82, 2.24) is 10.2 Å². The Bertz CT molecular complexity index is 1420. The second-order valence-corrected chi connectivity index (χ2v) is 12.1. The van der Waals surface area contributed by atoms with E-state index in [1.54, 1.807) is 25.1 Å². The minimum absolute atomic E-state index is 0.0311. The lowest BCUT2D eigenvalue weighted by molar-refractivity contribution is -0.140. The highest BCUT2D eigenvalue weighted by Gasteiger charge is 2.33. The summed E-state index contributed by atoms with van der Waals surface area (Å²) < 4.78 is 40.5. The quantitative estimate of drug-likeness (QED) is 0.319. The summed E-state index contributed by atoms with van der Waals surface area (Å²) in [4.78, 5) is 29.1. The molecule has 3 aromatic carbocycles.